The lowest BCUT2D eigenvalue weighted by atomic mass is 10.1. The normalized spacial score (nSPS) is 20.9. The number of nitrogens with zero attached hydrogens (tertiary/aromatic N) is 3. The summed E-state index contributed by atoms with van der Waals surface area (Å²) >= 11 is -1.21. The van der Waals surface area contributed by atoms with Crippen LogP contribution in [0.1, 0.15) is 44.5 Å². The Morgan fingerprint density at radius 1 is 1.56 bits per heavy atom. The lowest BCUT2D eigenvalue weighted by Crippen LogP contribution is -2.26. The summed E-state index contributed by atoms with van der Waals surface area (Å²) in [6.07, 6.45) is 2.71. The quantitative estimate of drug-likeness (QED) is 0.607. The zero-order valence-corrected chi connectivity index (χ0v) is 11.7. The topological polar surface area (TPSA) is 64.1 Å². The lowest BCUT2D eigenvalue weighted by Gasteiger charge is -2.18. The van der Waals surface area contributed by atoms with Gasteiger partial charge in [0.25, 0.3) is 0 Å². The van der Waals surface area contributed by atoms with E-state index in [1.165, 1.54) is 0 Å². The predicted octanol–water partition coefficient (Wildman–Crippen LogP) is 2.38. The van der Waals surface area contributed by atoms with Crippen molar-refractivity contribution in [2.24, 2.45) is 4.40 Å². The number of hydrogen-bond donors (Lipinski definition) is 0. The van der Waals surface area contributed by atoms with Gasteiger partial charge in [0.05, 0.1) is 6.21 Å². The van der Waals surface area contributed by atoms with E-state index in [2.05, 4.69) is 10.5 Å². The van der Waals surface area contributed by atoms with E-state index in [1.54, 1.807) is 6.21 Å². The highest BCUT2D eigenvalue weighted by Gasteiger charge is 2.28. The van der Waals surface area contributed by atoms with Gasteiger partial charge in [-0.3, -0.25) is 0 Å². The largest absolute Gasteiger partial charge is 0.591 e. The second-order valence-corrected chi connectivity index (χ2v) is 7.35. The molecule has 0 saturated heterocycles. The van der Waals surface area contributed by atoms with Gasteiger partial charge in [0, 0.05) is 18.2 Å². The fourth-order valence-electron chi connectivity index (χ4n) is 2.01. The van der Waals surface area contributed by atoms with Gasteiger partial charge in [0.1, 0.15) is 27.9 Å². The summed E-state index contributed by atoms with van der Waals surface area (Å²) < 4.78 is 17.7. The molecule has 5 heteroatoms. The van der Waals surface area contributed by atoms with Crippen LogP contribution in [-0.4, -0.2) is 20.1 Å². The Morgan fingerprint density at radius 3 is 2.89 bits per heavy atom. The first-order valence-corrected chi connectivity index (χ1v) is 7.10. The fraction of sp³-hybridized carbons (Fsp3) is 0.538. The van der Waals surface area contributed by atoms with Crippen LogP contribution in [0.15, 0.2) is 16.5 Å². The molecule has 96 valence electrons. The number of aromatic nitrogens is 1. The summed E-state index contributed by atoms with van der Waals surface area (Å²) in [5, 5.41) is 8.95. The minimum atomic E-state index is -1.21. The van der Waals surface area contributed by atoms with Gasteiger partial charge >= 0.3 is 0 Å². The van der Waals surface area contributed by atoms with Gasteiger partial charge in [-0.15, -0.1) is 0 Å². The van der Waals surface area contributed by atoms with E-state index in [4.69, 9.17) is 5.26 Å². The molecule has 0 spiro atoms. The van der Waals surface area contributed by atoms with Crippen molar-refractivity contribution in [2.45, 2.75) is 44.4 Å². The molecule has 1 aliphatic rings. The molecule has 0 saturated carbocycles. The van der Waals surface area contributed by atoms with E-state index in [1.807, 2.05) is 37.5 Å². The van der Waals surface area contributed by atoms with E-state index in [-0.39, 0.29) is 10.7 Å². The average molecular weight is 263 g/mol. The van der Waals surface area contributed by atoms with Crippen LogP contribution in [0.2, 0.25) is 0 Å². The Hall–Kier alpha value is -1.25. The lowest BCUT2D eigenvalue weighted by molar-refractivity contribution is 0.561. The third kappa shape index (κ3) is 2.45. The first-order valence-electron chi connectivity index (χ1n) is 5.99. The van der Waals surface area contributed by atoms with Crippen molar-refractivity contribution in [1.29, 1.82) is 5.26 Å². The third-order valence-corrected chi connectivity index (χ3v) is 4.39. The molecule has 2 rings (SSSR count). The van der Waals surface area contributed by atoms with Gasteiger partial charge in [0.2, 0.25) is 0 Å². The molecule has 0 radical (unpaired) electrons. The molecule has 1 aromatic heterocycles. The van der Waals surface area contributed by atoms with E-state index >= 15 is 0 Å². The molecule has 0 bridgehead atoms. The van der Waals surface area contributed by atoms with Crippen LogP contribution in [0, 0.1) is 11.3 Å². The standard InChI is InChI=1S/C13H17N3OS/c1-13(2,3)18(17)15-9-10-6-7-16-11(8-14)4-5-12(10)16/h4-5,9-10H,6-7H2,1-3H3. The van der Waals surface area contributed by atoms with Crippen LogP contribution in [0.4, 0.5) is 0 Å². The zero-order chi connectivity index (χ0) is 13.3. The van der Waals surface area contributed by atoms with E-state index in [0.29, 0.717) is 5.69 Å². The Morgan fingerprint density at radius 2 is 2.28 bits per heavy atom. The highest BCUT2D eigenvalue weighted by Crippen LogP contribution is 2.29. The number of rotatable bonds is 2. The first-order chi connectivity index (χ1) is 8.43. The molecule has 1 aromatic rings. The summed E-state index contributed by atoms with van der Waals surface area (Å²) in [6, 6.07) is 5.97. The van der Waals surface area contributed by atoms with E-state index < -0.39 is 11.4 Å². The monoisotopic (exact) mass is 263 g/mol. The number of nitriles is 1. The van der Waals surface area contributed by atoms with Crippen molar-refractivity contribution in [2.75, 3.05) is 0 Å². The van der Waals surface area contributed by atoms with Crippen molar-refractivity contribution in [3.8, 4) is 6.07 Å². The maximum atomic E-state index is 11.8. The molecular weight excluding hydrogens is 246 g/mol. The maximum Gasteiger partial charge on any atom is 0.144 e. The predicted molar refractivity (Wildman–Crippen MR) is 72.9 cm³/mol. The van der Waals surface area contributed by atoms with E-state index in [9.17, 15) is 4.55 Å². The molecule has 2 atom stereocenters. The highest BCUT2D eigenvalue weighted by molar-refractivity contribution is 7.91. The smallest absolute Gasteiger partial charge is 0.144 e. The van der Waals surface area contributed by atoms with Gasteiger partial charge in [-0.1, -0.05) is 4.40 Å². The Labute approximate surface area is 111 Å². The van der Waals surface area contributed by atoms with Gasteiger partial charge in [0.15, 0.2) is 0 Å². The van der Waals surface area contributed by atoms with Crippen LogP contribution in [0.5, 0.6) is 0 Å². The fourth-order valence-corrected chi connectivity index (χ4v) is 2.58. The molecule has 18 heavy (non-hydrogen) atoms. The van der Waals surface area contributed by atoms with Crippen molar-refractivity contribution in [3.05, 3.63) is 23.5 Å². The van der Waals surface area contributed by atoms with Gasteiger partial charge in [-0.05, 0) is 39.3 Å². The molecule has 1 aliphatic heterocycles. The summed E-state index contributed by atoms with van der Waals surface area (Å²) in [7, 11) is 0. The highest BCUT2D eigenvalue weighted by atomic mass is 32.2. The minimum absolute atomic E-state index is 0.179. The second kappa shape index (κ2) is 4.79. The first kappa shape index (κ1) is 13.2. The minimum Gasteiger partial charge on any atom is -0.591 e. The molecular formula is C13H17N3OS. The van der Waals surface area contributed by atoms with Crippen molar-refractivity contribution in [3.63, 3.8) is 0 Å². The van der Waals surface area contributed by atoms with Crippen LogP contribution >= 0.6 is 0 Å². The Bertz CT molecular complexity index is 507. The van der Waals surface area contributed by atoms with Crippen LogP contribution < -0.4 is 0 Å². The summed E-state index contributed by atoms with van der Waals surface area (Å²) in [5.74, 6) is 0.179. The summed E-state index contributed by atoms with van der Waals surface area (Å²) in [4.78, 5) is 0. The second-order valence-electron chi connectivity index (χ2n) is 5.42. The molecule has 0 amide bonds. The number of fused-ring (bicyclic) bond motifs is 1. The summed E-state index contributed by atoms with van der Waals surface area (Å²) in [6.45, 7) is 6.56. The van der Waals surface area contributed by atoms with Crippen molar-refractivity contribution in [1.82, 2.24) is 4.57 Å². The van der Waals surface area contributed by atoms with Gasteiger partial charge in [-0.2, -0.15) is 5.26 Å². The third-order valence-electron chi connectivity index (χ3n) is 3.03. The van der Waals surface area contributed by atoms with Crippen LogP contribution in [-0.2, 0) is 17.9 Å². The molecule has 0 aliphatic carbocycles. The molecule has 0 N–H and O–H groups in total. The molecule has 4 nitrogen and oxygen atoms in total. The molecule has 0 aromatic carbocycles. The zero-order valence-electron chi connectivity index (χ0n) is 10.9. The van der Waals surface area contributed by atoms with Crippen molar-refractivity contribution >= 4 is 17.6 Å². The van der Waals surface area contributed by atoms with Gasteiger partial charge in [-0.25, -0.2) is 0 Å². The van der Waals surface area contributed by atoms with E-state index in [0.717, 1.165) is 18.7 Å². The van der Waals surface area contributed by atoms with Gasteiger partial charge < -0.3 is 9.12 Å². The molecule has 2 unspecified atom stereocenters. The Kier molecular flexibility index (Phi) is 3.51. The SMILES string of the molecule is CC(C)(C)[S+]([O-])N=CC1CCn2c(C#N)ccc21. The summed E-state index contributed by atoms with van der Waals surface area (Å²) in [5.41, 5.74) is 1.79. The Balaban J connectivity index is 2.13. The number of hydrogen-bond acceptors (Lipinski definition) is 3. The average Bonchev–Trinajstić information content (AvgIpc) is 2.85. The maximum absolute atomic E-state index is 11.8. The molecule has 0 fully saturated rings. The van der Waals surface area contributed by atoms with Crippen LogP contribution in [0.3, 0.4) is 0 Å². The molecule has 2 heterocycles. The van der Waals surface area contributed by atoms with Crippen LogP contribution in [0.25, 0.3) is 0 Å². The van der Waals surface area contributed by atoms with Crippen molar-refractivity contribution < 1.29 is 4.55 Å².